The molecule has 94 valence electrons. The number of methoxy groups -OCH3 is 1. The Bertz CT molecular complexity index is 366. The summed E-state index contributed by atoms with van der Waals surface area (Å²) >= 11 is 1.11. The van der Waals surface area contributed by atoms with E-state index in [2.05, 4.69) is 14.5 Å². The maximum absolute atomic E-state index is 10.9. The van der Waals surface area contributed by atoms with Crippen LogP contribution in [-0.2, 0) is 19.6 Å². The Hall–Kier alpha value is -0.800. The smallest absolute Gasteiger partial charge is 0.324 e. The summed E-state index contributed by atoms with van der Waals surface area (Å²) in [4.78, 5) is 14.8. The second kappa shape index (κ2) is 6.71. The third-order valence-electron chi connectivity index (χ3n) is 1.40. The Morgan fingerprint density at radius 2 is 2.19 bits per heavy atom. The van der Waals surface area contributed by atoms with Crippen molar-refractivity contribution in [1.82, 2.24) is 4.72 Å². The summed E-state index contributed by atoms with van der Waals surface area (Å²) in [6, 6.07) is -0.895. The standard InChI is InChI=1S/C7H15N3O4S2/c1-14-6(11)5(8)4-9-7(15-2)10-16(3,12)13/h5H,4,8H2,1-3H3,(H,9,10)/t5-/m0/s1. The van der Waals surface area contributed by atoms with Crippen LogP contribution >= 0.6 is 11.8 Å². The van der Waals surface area contributed by atoms with Crippen LogP contribution in [0, 0.1) is 0 Å². The number of rotatable bonds is 4. The number of amidine groups is 1. The number of hydrogen-bond acceptors (Lipinski definition) is 7. The Balaban J connectivity index is 4.44. The van der Waals surface area contributed by atoms with Crippen molar-refractivity contribution in [3.63, 3.8) is 0 Å². The molecule has 16 heavy (non-hydrogen) atoms. The van der Waals surface area contributed by atoms with Crippen LogP contribution in [0.25, 0.3) is 0 Å². The molecule has 9 heteroatoms. The van der Waals surface area contributed by atoms with Crippen LogP contribution < -0.4 is 10.5 Å². The quantitative estimate of drug-likeness (QED) is 0.375. The predicted octanol–water partition coefficient (Wildman–Crippen LogP) is -1.25. The number of sulfonamides is 1. The summed E-state index contributed by atoms with van der Waals surface area (Å²) in [5, 5.41) is 0.182. The van der Waals surface area contributed by atoms with Crippen molar-refractivity contribution in [2.24, 2.45) is 10.7 Å². The van der Waals surface area contributed by atoms with Crippen LogP contribution in [0.5, 0.6) is 0 Å². The van der Waals surface area contributed by atoms with Gasteiger partial charge in [0.15, 0.2) is 5.17 Å². The van der Waals surface area contributed by atoms with Gasteiger partial charge in [-0.15, -0.1) is 0 Å². The van der Waals surface area contributed by atoms with Crippen LogP contribution in [0.1, 0.15) is 0 Å². The summed E-state index contributed by atoms with van der Waals surface area (Å²) in [5.74, 6) is -0.594. The minimum atomic E-state index is -3.37. The maximum atomic E-state index is 10.9. The molecule has 0 aromatic heterocycles. The Morgan fingerprint density at radius 3 is 2.56 bits per heavy atom. The van der Waals surface area contributed by atoms with Gasteiger partial charge in [-0.2, -0.15) is 0 Å². The highest BCUT2D eigenvalue weighted by atomic mass is 32.2. The number of esters is 1. The molecule has 3 N–H and O–H groups in total. The molecule has 0 aliphatic heterocycles. The molecule has 0 saturated heterocycles. The lowest BCUT2D eigenvalue weighted by Crippen LogP contribution is -2.36. The van der Waals surface area contributed by atoms with E-state index in [0.717, 1.165) is 18.0 Å². The fourth-order valence-corrected chi connectivity index (χ4v) is 2.08. The summed E-state index contributed by atoms with van der Waals surface area (Å²) in [6.07, 6.45) is 2.67. The molecule has 0 spiro atoms. The van der Waals surface area contributed by atoms with E-state index < -0.39 is 22.0 Å². The lowest BCUT2D eigenvalue weighted by Gasteiger charge is -2.08. The van der Waals surface area contributed by atoms with Crippen molar-refractivity contribution in [3.8, 4) is 0 Å². The van der Waals surface area contributed by atoms with Gasteiger partial charge >= 0.3 is 5.97 Å². The second-order valence-electron chi connectivity index (χ2n) is 2.85. The monoisotopic (exact) mass is 269 g/mol. The minimum Gasteiger partial charge on any atom is -0.468 e. The van der Waals surface area contributed by atoms with Crippen LogP contribution in [0.15, 0.2) is 4.99 Å². The average Bonchev–Trinajstić information content (AvgIpc) is 2.20. The number of thioether (sulfide) groups is 1. The van der Waals surface area contributed by atoms with Gasteiger partial charge in [0.05, 0.1) is 19.9 Å². The number of nitrogens with zero attached hydrogens (tertiary/aromatic N) is 1. The molecular weight excluding hydrogens is 254 g/mol. The van der Waals surface area contributed by atoms with Crippen LogP contribution in [0.2, 0.25) is 0 Å². The van der Waals surface area contributed by atoms with Gasteiger partial charge in [-0.1, -0.05) is 11.8 Å². The molecule has 0 aliphatic carbocycles. The van der Waals surface area contributed by atoms with E-state index in [0.29, 0.717) is 0 Å². The molecule has 7 nitrogen and oxygen atoms in total. The largest absolute Gasteiger partial charge is 0.468 e. The van der Waals surface area contributed by atoms with Crippen LogP contribution in [0.3, 0.4) is 0 Å². The molecule has 0 aromatic rings. The van der Waals surface area contributed by atoms with Gasteiger partial charge in [0.1, 0.15) is 6.04 Å². The first-order valence-electron chi connectivity index (χ1n) is 4.19. The molecule has 0 unspecified atom stereocenters. The third-order valence-corrected chi connectivity index (χ3v) is 2.71. The normalized spacial score (nSPS) is 14.4. The molecule has 1 atom stereocenters. The van der Waals surface area contributed by atoms with E-state index in [-0.39, 0.29) is 11.7 Å². The molecule has 0 aliphatic rings. The number of aliphatic imine (C=N–C) groups is 1. The van der Waals surface area contributed by atoms with Gasteiger partial charge in [0.2, 0.25) is 10.0 Å². The molecular formula is C7H15N3O4S2. The van der Waals surface area contributed by atoms with Crippen LogP contribution in [-0.4, -0.2) is 51.8 Å². The van der Waals surface area contributed by atoms with Gasteiger partial charge < -0.3 is 10.5 Å². The molecule has 0 rings (SSSR count). The van der Waals surface area contributed by atoms with E-state index in [4.69, 9.17) is 5.73 Å². The first kappa shape index (κ1) is 15.2. The zero-order valence-electron chi connectivity index (χ0n) is 9.26. The Kier molecular flexibility index (Phi) is 6.38. The SMILES string of the molecule is COC(=O)[C@@H](N)CN=C(NS(C)(=O)=O)SC. The van der Waals surface area contributed by atoms with Crippen molar-refractivity contribution < 1.29 is 17.9 Å². The van der Waals surface area contributed by atoms with Crippen molar-refractivity contribution in [1.29, 1.82) is 0 Å². The first-order chi connectivity index (χ1) is 7.30. The van der Waals surface area contributed by atoms with E-state index in [1.54, 1.807) is 6.26 Å². The zero-order valence-corrected chi connectivity index (χ0v) is 10.9. The van der Waals surface area contributed by atoms with Gasteiger partial charge in [0.25, 0.3) is 0 Å². The molecule has 0 radical (unpaired) electrons. The number of nitrogens with one attached hydrogen (secondary N) is 1. The van der Waals surface area contributed by atoms with Crippen LogP contribution in [0.4, 0.5) is 0 Å². The van der Waals surface area contributed by atoms with E-state index in [9.17, 15) is 13.2 Å². The van der Waals surface area contributed by atoms with Gasteiger partial charge in [0, 0.05) is 0 Å². The van der Waals surface area contributed by atoms with Gasteiger partial charge in [-0.05, 0) is 6.26 Å². The number of carbonyl (C=O) groups excluding carboxylic acids is 1. The molecule has 0 heterocycles. The third kappa shape index (κ3) is 6.64. The second-order valence-corrected chi connectivity index (χ2v) is 5.40. The molecule has 0 amide bonds. The summed E-state index contributed by atoms with van der Waals surface area (Å²) in [7, 11) is -2.15. The number of carbonyl (C=O) groups is 1. The van der Waals surface area contributed by atoms with Gasteiger partial charge in [-0.3, -0.25) is 14.5 Å². The highest BCUT2D eigenvalue weighted by molar-refractivity contribution is 8.14. The molecule has 0 aromatic carbocycles. The van der Waals surface area contributed by atoms with E-state index in [1.165, 1.54) is 7.11 Å². The molecule has 0 fully saturated rings. The topological polar surface area (TPSA) is 111 Å². The van der Waals surface area contributed by atoms with Crippen molar-refractivity contribution in [2.45, 2.75) is 6.04 Å². The Labute approximate surface area is 98.9 Å². The molecule has 0 bridgehead atoms. The van der Waals surface area contributed by atoms with Crippen molar-refractivity contribution >= 4 is 32.9 Å². The lowest BCUT2D eigenvalue weighted by atomic mass is 10.3. The van der Waals surface area contributed by atoms with Gasteiger partial charge in [-0.25, -0.2) is 8.42 Å². The van der Waals surface area contributed by atoms with E-state index in [1.807, 2.05) is 0 Å². The lowest BCUT2D eigenvalue weighted by molar-refractivity contribution is -0.141. The average molecular weight is 269 g/mol. The number of nitrogens with two attached hydrogens (primary N) is 1. The predicted molar refractivity (Wildman–Crippen MR) is 63.8 cm³/mol. The number of hydrogen-bond donors (Lipinski definition) is 2. The van der Waals surface area contributed by atoms with E-state index >= 15 is 0 Å². The summed E-state index contributed by atoms with van der Waals surface area (Å²) in [6.45, 7) is -0.0363. The summed E-state index contributed by atoms with van der Waals surface area (Å²) < 4.78 is 28.4. The zero-order chi connectivity index (χ0) is 12.8. The fourth-order valence-electron chi connectivity index (χ4n) is 0.704. The van der Waals surface area contributed by atoms with Crippen molar-refractivity contribution in [3.05, 3.63) is 0 Å². The minimum absolute atomic E-state index is 0.0363. The Morgan fingerprint density at radius 1 is 1.62 bits per heavy atom. The highest BCUT2D eigenvalue weighted by Gasteiger charge is 2.13. The number of ether oxygens (including phenoxy) is 1. The first-order valence-corrected chi connectivity index (χ1v) is 7.31. The summed E-state index contributed by atoms with van der Waals surface area (Å²) in [5.41, 5.74) is 5.43. The fraction of sp³-hybridized carbons (Fsp3) is 0.714. The van der Waals surface area contributed by atoms with Crippen molar-refractivity contribution in [2.75, 3.05) is 26.2 Å². The molecule has 0 saturated carbocycles. The maximum Gasteiger partial charge on any atom is 0.324 e. The highest BCUT2D eigenvalue weighted by Crippen LogP contribution is 1.97.